The standard InChI is InChI=1S/C12H18N2O2/c1-9-3-2-5-14(11(9)7-13)12(15)10-4-6-16-8-10/h4,6,8-9,11H,2-3,5,7,13H2,1H3. The first kappa shape index (κ1) is 11.2. The molecule has 0 aromatic carbocycles. The molecule has 1 amide bonds. The van der Waals surface area contributed by atoms with Gasteiger partial charge in [0.15, 0.2) is 0 Å². The summed E-state index contributed by atoms with van der Waals surface area (Å²) >= 11 is 0. The summed E-state index contributed by atoms with van der Waals surface area (Å²) in [6.07, 6.45) is 5.23. The normalized spacial score (nSPS) is 25.8. The van der Waals surface area contributed by atoms with E-state index in [9.17, 15) is 4.79 Å². The van der Waals surface area contributed by atoms with Gasteiger partial charge in [-0.25, -0.2) is 0 Å². The monoisotopic (exact) mass is 222 g/mol. The second kappa shape index (κ2) is 4.70. The fourth-order valence-electron chi connectivity index (χ4n) is 2.41. The summed E-state index contributed by atoms with van der Waals surface area (Å²) < 4.78 is 4.94. The summed E-state index contributed by atoms with van der Waals surface area (Å²) in [7, 11) is 0. The highest BCUT2D eigenvalue weighted by molar-refractivity contribution is 5.94. The second-order valence-corrected chi connectivity index (χ2v) is 4.43. The molecule has 2 atom stereocenters. The number of rotatable bonds is 2. The molecule has 1 aromatic heterocycles. The van der Waals surface area contributed by atoms with E-state index in [1.54, 1.807) is 6.07 Å². The predicted molar refractivity (Wildman–Crippen MR) is 61.0 cm³/mol. The number of piperidine rings is 1. The molecule has 1 aromatic rings. The third-order valence-electron chi connectivity index (χ3n) is 3.39. The number of hydrogen-bond donors (Lipinski definition) is 1. The van der Waals surface area contributed by atoms with E-state index in [-0.39, 0.29) is 11.9 Å². The number of likely N-dealkylation sites (tertiary alicyclic amines) is 1. The van der Waals surface area contributed by atoms with E-state index in [1.807, 2.05) is 4.90 Å². The molecule has 1 saturated heterocycles. The Morgan fingerprint density at radius 2 is 2.50 bits per heavy atom. The van der Waals surface area contributed by atoms with Crippen LogP contribution in [-0.2, 0) is 0 Å². The molecule has 16 heavy (non-hydrogen) atoms. The van der Waals surface area contributed by atoms with Gasteiger partial charge in [-0.3, -0.25) is 4.79 Å². The molecule has 0 radical (unpaired) electrons. The summed E-state index contributed by atoms with van der Waals surface area (Å²) in [5, 5.41) is 0. The van der Waals surface area contributed by atoms with Crippen molar-refractivity contribution in [3.05, 3.63) is 24.2 Å². The van der Waals surface area contributed by atoms with Gasteiger partial charge in [-0.1, -0.05) is 6.92 Å². The molecule has 0 spiro atoms. The zero-order chi connectivity index (χ0) is 11.5. The maximum absolute atomic E-state index is 12.2. The van der Waals surface area contributed by atoms with Gasteiger partial charge in [0.2, 0.25) is 0 Å². The lowest BCUT2D eigenvalue weighted by Crippen LogP contribution is -2.51. The van der Waals surface area contributed by atoms with Gasteiger partial charge in [0.1, 0.15) is 6.26 Å². The predicted octanol–water partition coefficient (Wildman–Crippen LogP) is 1.48. The highest BCUT2D eigenvalue weighted by Crippen LogP contribution is 2.24. The van der Waals surface area contributed by atoms with Crippen molar-refractivity contribution in [3.8, 4) is 0 Å². The van der Waals surface area contributed by atoms with Crippen molar-refractivity contribution in [2.24, 2.45) is 11.7 Å². The Labute approximate surface area is 95.4 Å². The lowest BCUT2D eigenvalue weighted by atomic mass is 9.90. The number of amides is 1. The van der Waals surface area contributed by atoms with E-state index in [1.165, 1.54) is 12.5 Å². The molecule has 0 aliphatic carbocycles. The van der Waals surface area contributed by atoms with E-state index in [4.69, 9.17) is 10.2 Å². The average Bonchev–Trinajstić information content (AvgIpc) is 2.81. The number of furan rings is 1. The van der Waals surface area contributed by atoms with Gasteiger partial charge in [-0.05, 0) is 24.8 Å². The summed E-state index contributed by atoms with van der Waals surface area (Å²) in [4.78, 5) is 14.1. The minimum absolute atomic E-state index is 0.0377. The van der Waals surface area contributed by atoms with E-state index in [2.05, 4.69) is 6.92 Å². The first-order valence-corrected chi connectivity index (χ1v) is 5.77. The van der Waals surface area contributed by atoms with E-state index in [0.717, 1.165) is 19.4 Å². The van der Waals surface area contributed by atoms with Crippen LogP contribution in [0, 0.1) is 5.92 Å². The summed E-state index contributed by atoms with van der Waals surface area (Å²) in [6, 6.07) is 1.87. The fourth-order valence-corrected chi connectivity index (χ4v) is 2.41. The molecule has 1 aliphatic heterocycles. The Hall–Kier alpha value is -1.29. The van der Waals surface area contributed by atoms with Crippen LogP contribution in [0.1, 0.15) is 30.1 Å². The van der Waals surface area contributed by atoms with Gasteiger partial charge < -0.3 is 15.1 Å². The Balaban J connectivity index is 2.15. The maximum Gasteiger partial charge on any atom is 0.257 e. The molecule has 88 valence electrons. The Kier molecular flexibility index (Phi) is 3.29. The minimum atomic E-state index is 0.0377. The smallest absolute Gasteiger partial charge is 0.257 e. The number of carbonyl (C=O) groups is 1. The number of nitrogens with two attached hydrogens (primary N) is 1. The lowest BCUT2D eigenvalue weighted by Gasteiger charge is -2.39. The Morgan fingerprint density at radius 1 is 1.69 bits per heavy atom. The van der Waals surface area contributed by atoms with Crippen molar-refractivity contribution < 1.29 is 9.21 Å². The van der Waals surface area contributed by atoms with Crippen molar-refractivity contribution >= 4 is 5.91 Å². The highest BCUT2D eigenvalue weighted by atomic mass is 16.3. The quantitative estimate of drug-likeness (QED) is 0.824. The molecular formula is C12H18N2O2. The Morgan fingerprint density at radius 3 is 3.12 bits per heavy atom. The molecular weight excluding hydrogens is 204 g/mol. The minimum Gasteiger partial charge on any atom is -0.472 e. The fraction of sp³-hybridized carbons (Fsp3) is 0.583. The lowest BCUT2D eigenvalue weighted by molar-refractivity contribution is 0.0532. The van der Waals surface area contributed by atoms with Crippen LogP contribution in [0.4, 0.5) is 0 Å². The zero-order valence-corrected chi connectivity index (χ0v) is 9.56. The van der Waals surface area contributed by atoms with Crippen LogP contribution in [0.15, 0.2) is 23.0 Å². The molecule has 2 N–H and O–H groups in total. The Bertz CT molecular complexity index is 348. The molecule has 2 heterocycles. The van der Waals surface area contributed by atoms with Gasteiger partial charge in [0, 0.05) is 19.1 Å². The van der Waals surface area contributed by atoms with E-state index >= 15 is 0 Å². The van der Waals surface area contributed by atoms with Crippen LogP contribution in [-0.4, -0.2) is 29.9 Å². The maximum atomic E-state index is 12.2. The molecule has 1 aliphatic rings. The molecule has 4 heteroatoms. The van der Waals surface area contributed by atoms with Crippen molar-refractivity contribution in [1.82, 2.24) is 4.90 Å². The first-order chi connectivity index (χ1) is 7.74. The third kappa shape index (κ3) is 1.97. The van der Waals surface area contributed by atoms with Crippen LogP contribution >= 0.6 is 0 Å². The molecule has 0 saturated carbocycles. The van der Waals surface area contributed by atoms with Crippen molar-refractivity contribution in [2.45, 2.75) is 25.8 Å². The SMILES string of the molecule is CC1CCCN(C(=O)c2ccoc2)C1CN. The highest BCUT2D eigenvalue weighted by Gasteiger charge is 2.31. The summed E-state index contributed by atoms with van der Waals surface area (Å²) in [6.45, 7) is 3.49. The molecule has 2 rings (SSSR count). The third-order valence-corrected chi connectivity index (χ3v) is 3.39. The summed E-state index contributed by atoms with van der Waals surface area (Å²) in [5.41, 5.74) is 6.38. The van der Waals surface area contributed by atoms with Gasteiger partial charge in [-0.15, -0.1) is 0 Å². The van der Waals surface area contributed by atoms with E-state index in [0.29, 0.717) is 18.0 Å². The van der Waals surface area contributed by atoms with Crippen LogP contribution < -0.4 is 5.73 Å². The van der Waals surface area contributed by atoms with Crippen molar-refractivity contribution in [2.75, 3.05) is 13.1 Å². The van der Waals surface area contributed by atoms with Crippen molar-refractivity contribution in [3.63, 3.8) is 0 Å². The largest absolute Gasteiger partial charge is 0.472 e. The topological polar surface area (TPSA) is 59.5 Å². The van der Waals surface area contributed by atoms with Gasteiger partial charge >= 0.3 is 0 Å². The first-order valence-electron chi connectivity index (χ1n) is 5.77. The number of nitrogens with zero attached hydrogens (tertiary/aromatic N) is 1. The molecule has 4 nitrogen and oxygen atoms in total. The van der Waals surface area contributed by atoms with Crippen LogP contribution in [0.3, 0.4) is 0 Å². The van der Waals surface area contributed by atoms with Gasteiger partial charge in [0.05, 0.1) is 11.8 Å². The summed E-state index contributed by atoms with van der Waals surface area (Å²) in [5.74, 6) is 0.519. The molecule has 1 fully saturated rings. The van der Waals surface area contributed by atoms with Crippen LogP contribution in [0.5, 0.6) is 0 Å². The van der Waals surface area contributed by atoms with Gasteiger partial charge in [0.25, 0.3) is 5.91 Å². The van der Waals surface area contributed by atoms with Crippen molar-refractivity contribution in [1.29, 1.82) is 0 Å². The van der Waals surface area contributed by atoms with Crippen LogP contribution in [0.2, 0.25) is 0 Å². The van der Waals surface area contributed by atoms with E-state index < -0.39 is 0 Å². The zero-order valence-electron chi connectivity index (χ0n) is 9.56. The molecule has 2 unspecified atom stereocenters. The second-order valence-electron chi connectivity index (χ2n) is 4.43. The number of hydrogen-bond acceptors (Lipinski definition) is 3. The number of carbonyl (C=O) groups excluding carboxylic acids is 1. The van der Waals surface area contributed by atoms with Crippen LogP contribution in [0.25, 0.3) is 0 Å². The average molecular weight is 222 g/mol. The molecule has 0 bridgehead atoms. The van der Waals surface area contributed by atoms with Gasteiger partial charge in [-0.2, -0.15) is 0 Å².